The minimum absolute atomic E-state index is 0.0717. The maximum atomic E-state index is 9.66. The van der Waals surface area contributed by atoms with E-state index in [1.165, 1.54) is 6.07 Å². The van der Waals surface area contributed by atoms with Crippen molar-refractivity contribution in [1.82, 2.24) is 0 Å². The number of aliphatic imine (C=N–C) groups is 1. The van der Waals surface area contributed by atoms with E-state index in [0.717, 1.165) is 11.3 Å². The predicted octanol–water partition coefficient (Wildman–Crippen LogP) is 4.53. The Morgan fingerprint density at radius 2 is 1.81 bits per heavy atom. The molecule has 0 radical (unpaired) electrons. The standard InChI is InChI=1S/C17H17ClN2O/c1-20(2)15-8-5-13(6-9-15)4-3-11-19-16-10-7-14(18)12-17(16)21/h3-12,21H,1-2H3/b4-3+,19-11?. The molecule has 0 aliphatic rings. The van der Waals surface area contributed by atoms with Crippen LogP contribution in [0.25, 0.3) is 6.08 Å². The summed E-state index contributed by atoms with van der Waals surface area (Å²) in [6.45, 7) is 0. The summed E-state index contributed by atoms with van der Waals surface area (Å²) < 4.78 is 0. The molecule has 0 aromatic heterocycles. The minimum Gasteiger partial charge on any atom is -0.506 e. The van der Waals surface area contributed by atoms with Gasteiger partial charge in [-0.2, -0.15) is 0 Å². The molecule has 3 nitrogen and oxygen atoms in total. The Morgan fingerprint density at radius 1 is 1.10 bits per heavy atom. The summed E-state index contributed by atoms with van der Waals surface area (Å²) in [4.78, 5) is 6.23. The quantitative estimate of drug-likeness (QED) is 0.842. The summed E-state index contributed by atoms with van der Waals surface area (Å²) in [5.41, 5.74) is 2.74. The molecular weight excluding hydrogens is 284 g/mol. The fourth-order valence-corrected chi connectivity index (χ4v) is 1.93. The molecule has 4 heteroatoms. The smallest absolute Gasteiger partial charge is 0.142 e. The van der Waals surface area contributed by atoms with Gasteiger partial charge in [0.1, 0.15) is 11.4 Å². The monoisotopic (exact) mass is 300 g/mol. The van der Waals surface area contributed by atoms with Crippen molar-refractivity contribution in [3.8, 4) is 5.75 Å². The van der Waals surface area contributed by atoms with Crippen molar-refractivity contribution in [2.45, 2.75) is 0 Å². The summed E-state index contributed by atoms with van der Waals surface area (Å²) >= 11 is 5.76. The summed E-state index contributed by atoms with van der Waals surface area (Å²) in [6, 6.07) is 13.0. The van der Waals surface area contributed by atoms with Crippen molar-refractivity contribution >= 4 is 35.3 Å². The Hall–Kier alpha value is -2.26. The molecule has 0 saturated heterocycles. The number of phenolic OH excluding ortho intramolecular Hbond substituents is 1. The van der Waals surface area contributed by atoms with Crippen LogP contribution in [0.1, 0.15) is 5.56 Å². The van der Waals surface area contributed by atoms with Crippen LogP contribution in [-0.2, 0) is 0 Å². The summed E-state index contributed by atoms with van der Waals surface area (Å²) in [6.07, 6.45) is 5.43. The molecule has 0 bridgehead atoms. The molecule has 0 aliphatic carbocycles. The van der Waals surface area contributed by atoms with Crippen molar-refractivity contribution in [2.24, 2.45) is 4.99 Å². The third-order valence-corrected chi connectivity index (χ3v) is 3.17. The molecule has 0 fully saturated rings. The minimum atomic E-state index is 0.0717. The number of hydrogen-bond acceptors (Lipinski definition) is 3. The van der Waals surface area contributed by atoms with E-state index < -0.39 is 0 Å². The van der Waals surface area contributed by atoms with Gasteiger partial charge < -0.3 is 10.0 Å². The van der Waals surface area contributed by atoms with Gasteiger partial charge in [0, 0.05) is 37.1 Å². The highest BCUT2D eigenvalue weighted by atomic mass is 35.5. The summed E-state index contributed by atoms with van der Waals surface area (Å²) in [5, 5.41) is 10.2. The summed E-state index contributed by atoms with van der Waals surface area (Å²) in [5.74, 6) is 0.0717. The number of rotatable bonds is 4. The van der Waals surface area contributed by atoms with Gasteiger partial charge in [0.2, 0.25) is 0 Å². The van der Waals surface area contributed by atoms with E-state index in [-0.39, 0.29) is 5.75 Å². The van der Waals surface area contributed by atoms with Gasteiger partial charge in [-0.05, 0) is 35.9 Å². The Balaban J connectivity index is 2.03. The lowest BCUT2D eigenvalue weighted by Gasteiger charge is -2.11. The predicted molar refractivity (Wildman–Crippen MR) is 91.1 cm³/mol. The first kappa shape index (κ1) is 15.1. The average molecular weight is 301 g/mol. The van der Waals surface area contributed by atoms with E-state index in [2.05, 4.69) is 22.0 Å². The van der Waals surface area contributed by atoms with Gasteiger partial charge in [0.05, 0.1) is 0 Å². The van der Waals surface area contributed by atoms with E-state index in [0.29, 0.717) is 10.7 Å². The van der Waals surface area contributed by atoms with Gasteiger partial charge in [-0.1, -0.05) is 29.8 Å². The number of phenols is 1. The van der Waals surface area contributed by atoms with Crippen LogP contribution in [0.5, 0.6) is 5.75 Å². The number of aromatic hydroxyl groups is 1. The normalized spacial score (nSPS) is 11.4. The Labute approximate surface area is 129 Å². The zero-order valence-corrected chi connectivity index (χ0v) is 12.7. The van der Waals surface area contributed by atoms with Crippen molar-refractivity contribution in [3.05, 3.63) is 59.1 Å². The SMILES string of the molecule is CN(C)c1ccc(/C=C/C=Nc2ccc(Cl)cc2O)cc1. The van der Waals surface area contributed by atoms with Crippen LogP contribution in [0, 0.1) is 0 Å². The van der Waals surface area contributed by atoms with E-state index in [1.54, 1.807) is 18.3 Å². The zero-order chi connectivity index (χ0) is 15.2. The summed E-state index contributed by atoms with van der Waals surface area (Å²) in [7, 11) is 4.02. The molecule has 21 heavy (non-hydrogen) atoms. The van der Waals surface area contributed by atoms with Crippen LogP contribution in [0.4, 0.5) is 11.4 Å². The molecule has 108 valence electrons. The highest BCUT2D eigenvalue weighted by molar-refractivity contribution is 6.30. The van der Waals surface area contributed by atoms with Gasteiger partial charge in [-0.25, -0.2) is 0 Å². The maximum Gasteiger partial charge on any atom is 0.142 e. The largest absolute Gasteiger partial charge is 0.506 e. The second-order valence-electron chi connectivity index (χ2n) is 4.76. The topological polar surface area (TPSA) is 35.8 Å². The number of hydrogen-bond donors (Lipinski definition) is 1. The molecule has 2 aromatic carbocycles. The van der Waals surface area contributed by atoms with Gasteiger partial charge >= 0.3 is 0 Å². The Bertz CT molecular complexity index is 661. The molecule has 2 rings (SSSR count). The van der Waals surface area contributed by atoms with Crippen LogP contribution >= 0.6 is 11.6 Å². The zero-order valence-electron chi connectivity index (χ0n) is 12.0. The number of nitrogens with zero attached hydrogens (tertiary/aromatic N) is 2. The average Bonchev–Trinajstić information content (AvgIpc) is 2.46. The van der Waals surface area contributed by atoms with E-state index in [4.69, 9.17) is 11.6 Å². The Kier molecular flexibility index (Phi) is 5.01. The molecule has 0 atom stereocenters. The van der Waals surface area contributed by atoms with Gasteiger partial charge in [0.15, 0.2) is 0 Å². The molecule has 2 aromatic rings. The first-order valence-corrected chi connectivity index (χ1v) is 6.91. The van der Waals surface area contributed by atoms with E-state index in [9.17, 15) is 5.11 Å². The van der Waals surface area contributed by atoms with Crippen molar-refractivity contribution < 1.29 is 5.11 Å². The number of benzene rings is 2. The number of anilines is 1. The van der Waals surface area contributed by atoms with Crippen molar-refractivity contribution in [3.63, 3.8) is 0 Å². The maximum absolute atomic E-state index is 9.66. The lowest BCUT2D eigenvalue weighted by Crippen LogP contribution is -2.07. The van der Waals surface area contributed by atoms with Crippen LogP contribution in [0.3, 0.4) is 0 Å². The number of halogens is 1. The van der Waals surface area contributed by atoms with Crippen LogP contribution in [0.15, 0.2) is 53.5 Å². The molecule has 1 N–H and O–H groups in total. The third kappa shape index (κ3) is 4.36. The molecule has 0 unspecified atom stereocenters. The van der Waals surface area contributed by atoms with Gasteiger partial charge in [0.25, 0.3) is 0 Å². The van der Waals surface area contributed by atoms with Crippen LogP contribution in [-0.4, -0.2) is 25.4 Å². The first-order valence-electron chi connectivity index (χ1n) is 6.53. The van der Waals surface area contributed by atoms with Crippen molar-refractivity contribution in [2.75, 3.05) is 19.0 Å². The van der Waals surface area contributed by atoms with E-state index in [1.807, 2.05) is 38.4 Å². The molecule has 0 amide bonds. The Morgan fingerprint density at radius 3 is 2.43 bits per heavy atom. The van der Waals surface area contributed by atoms with Gasteiger partial charge in [-0.15, -0.1) is 0 Å². The molecule has 0 aliphatic heterocycles. The lowest BCUT2D eigenvalue weighted by molar-refractivity contribution is 0.477. The number of allylic oxidation sites excluding steroid dienone is 1. The fraction of sp³-hybridized carbons (Fsp3) is 0.118. The first-order chi connectivity index (χ1) is 10.1. The van der Waals surface area contributed by atoms with Crippen molar-refractivity contribution in [1.29, 1.82) is 0 Å². The van der Waals surface area contributed by atoms with E-state index >= 15 is 0 Å². The molecule has 0 spiro atoms. The van der Waals surface area contributed by atoms with Crippen LogP contribution < -0.4 is 4.90 Å². The third-order valence-electron chi connectivity index (χ3n) is 2.94. The van der Waals surface area contributed by atoms with Crippen LogP contribution in [0.2, 0.25) is 5.02 Å². The van der Waals surface area contributed by atoms with Gasteiger partial charge in [-0.3, -0.25) is 4.99 Å². The second kappa shape index (κ2) is 6.95. The highest BCUT2D eigenvalue weighted by Crippen LogP contribution is 2.28. The molecule has 0 saturated carbocycles. The fourth-order valence-electron chi connectivity index (χ4n) is 1.77. The second-order valence-corrected chi connectivity index (χ2v) is 5.19. The lowest BCUT2D eigenvalue weighted by atomic mass is 10.2. The molecule has 0 heterocycles. The highest BCUT2D eigenvalue weighted by Gasteiger charge is 1.98. The molecular formula is C17H17ClN2O.